The van der Waals surface area contributed by atoms with E-state index in [1.165, 1.54) is 0 Å². The Bertz CT molecular complexity index is 334. The lowest BCUT2D eigenvalue weighted by Gasteiger charge is -2.34. The van der Waals surface area contributed by atoms with Gasteiger partial charge in [0.1, 0.15) is 5.82 Å². The summed E-state index contributed by atoms with van der Waals surface area (Å²) in [5.74, 6) is 0.987. The van der Waals surface area contributed by atoms with Crippen LogP contribution < -0.4 is 10.6 Å². The number of nitrogen functional groups attached to an aromatic ring is 1. The monoisotopic (exact) mass is 210 g/mol. The molecule has 1 aromatic heterocycles. The van der Waals surface area contributed by atoms with Crippen LogP contribution in [0, 0.1) is 0 Å². The number of morpholine rings is 1. The van der Waals surface area contributed by atoms with E-state index in [9.17, 15) is 5.11 Å². The van der Waals surface area contributed by atoms with Crippen molar-refractivity contribution >= 4 is 11.8 Å². The van der Waals surface area contributed by atoms with Gasteiger partial charge in [-0.2, -0.15) is 4.98 Å². The van der Waals surface area contributed by atoms with Crippen molar-refractivity contribution < 1.29 is 9.84 Å². The third-order valence-corrected chi connectivity index (χ3v) is 2.36. The smallest absolute Gasteiger partial charge is 0.227 e. The summed E-state index contributed by atoms with van der Waals surface area (Å²) in [7, 11) is 0. The minimum Gasteiger partial charge on any atom is -0.394 e. The number of hydrogen-bond acceptors (Lipinski definition) is 6. The second-order valence-electron chi connectivity index (χ2n) is 3.39. The summed E-state index contributed by atoms with van der Waals surface area (Å²) in [5, 5.41) is 9.18. The maximum atomic E-state index is 9.18. The van der Waals surface area contributed by atoms with Crippen LogP contribution in [0.4, 0.5) is 11.8 Å². The molecular weight excluding hydrogens is 196 g/mol. The first kappa shape index (κ1) is 10.1. The lowest BCUT2D eigenvalue weighted by molar-refractivity contribution is 0.0718. The summed E-state index contributed by atoms with van der Waals surface area (Å²) in [6, 6.07) is 1.55. The first-order valence-electron chi connectivity index (χ1n) is 4.85. The predicted molar refractivity (Wildman–Crippen MR) is 55.5 cm³/mol. The molecule has 82 valence electrons. The van der Waals surface area contributed by atoms with Gasteiger partial charge in [-0.1, -0.05) is 0 Å². The van der Waals surface area contributed by atoms with Gasteiger partial charge < -0.3 is 20.5 Å². The number of aliphatic hydroxyl groups is 1. The number of rotatable bonds is 2. The Kier molecular flexibility index (Phi) is 2.98. The van der Waals surface area contributed by atoms with Crippen molar-refractivity contribution in [3.8, 4) is 0 Å². The van der Waals surface area contributed by atoms with Gasteiger partial charge in [0, 0.05) is 12.7 Å². The zero-order valence-electron chi connectivity index (χ0n) is 8.33. The summed E-state index contributed by atoms with van der Waals surface area (Å²) < 4.78 is 5.27. The van der Waals surface area contributed by atoms with E-state index in [4.69, 9.17) is 10.5 Å². The third kappa shape index (κ3) is 2.16. The molecule has 1 fully saturated rings. The minimum absolute atomic E-state index is 0.0260. The normalized spacial score (nSPS) is 21.7. The highest BCUT2D eigenvalue weighted by Crippen LogP contribution is 2.15. The highest BCUT2D eigenvalue weighted by molar-refractivity contribution is 5.39. The van der Waals surface area contributed by atoms with Gasteiger partial charge in [0.15, 0.2) is 0 Å². The van der Waals surface area contributed by atoms with Gasteiger partial charge in [-0.15, -0.1) is 0 Å². The first-order valence-corrected chi connectivity index (χ1v) is 4.85. The van der Waals surface area contributed by atoms with Crippen molar-refractivity contribution in [1.29, 1.82) is 0 Å². The van der Waals surface area contributed by atoms with E-state index in [1.807, 2.05) is 4.90 Å². The number of nitrogens with zero attached hydrogens (tertiary/aromatic N) is 3. The van der Waals surface area contributed by atoms with E-state index in [2.05, 4.69) is 9.97 Å². The Morgan fingerprint density at radius 1 is 1.67 bits per heavy atom. The molecule has 1 aromatic rings. The van der Waals surface area contributed by atoms with Gasteiger partial charge in [-0.3, -0.25) is 0 Å². The second kappa shape index (κ2) is 4.41. The van der Waals surface area contributed by atoms with E-state index < -0.39 is 0 Å². The van der Waals surface area contributed by atoms with E-state index in [0.29, 0.717) is 31.5 Å². The highest BCUT2D eigenvalue weighted by Gasteiger charge is 2.24. The van der Waals surface area contributed by atoms with Gasteiger partial charge in [0.2, 0.25) is 5.95 Å². The Balaban J connectivity index is 2.20. The topological polar surface area (TPSA) is 84.5 Å². The summed E-state index contributed by atoms with van der Waals surface area (Å²) in [5.41, 5.74) is 5.58. The molecule has 6 nitrogen and oxygen atoms in total. The molecule has 2 rings (SSSR count). The van der Waals surface area contributed by atoms with E-state index in [0.717, 1.165) is 0 Å². The minimum atomic E-state index is -0.0828. The van der Waals surface area contributed by atoms with Crippen LogP contribution in [0.15, 0.2) is 12.3 Å². The molecule has 1 aliphatic heterocycles. The molecule has 1 aliphatic rings. The number of aliphatic hydroxyl groups excluding tert-OH is 1. The molecule has 0 aliphatic carbocycles. The summed E-state index contributed by atoms with van der Waals surface area (Å²) >= 11 is 0. The standard InChI is InChI=1S/C9H14N4O2/c10-8-1-2-11-9(12-8)13-3-4-15-6-7(13)5-14/h1-2,7,14H,3-6H2,(H2,10,11,12). The van der Waals surface area contributed by atoms with Gasteiger partial charge in [-0.25, -0.2) is 4.98 Å². The lowest BCUT2D eigenvalue weighted by Crippen LogP contribution is -2.48. The van der Waals surface area contributed by atoms with Crippen molar-refractivity contribution in [2.45, 2.75) is 6.04 Å². The van der Waals surface area contributed by atoms with Gasteiger partial charge in [0.25, 0.3) is 0 Å². The third-order valence-electron chi connectivity index (χ3n) is 2.36. The molecule has 2 heterocycles. The predicted octanol–water partition coefficient (Wildman–Crippen LogP) is -0.744. The van der Waals surface area contributed by atoms with Crippen LogP contribution in [0.25, 0.3) is 0 Å². The van der Waals surface area contributed by atoms with Gasteiger partial charge >= 0.3 is 0 Å². The van der Waals surface area contributed by atoms with Gasteiger partial charge in [-0.05, 0) is 6.07 Å². The second-order valence-corrected chi connectivity index (χ2v) is 3.39. The molecule has 3 N–H and O–H groups in total. The van der Waals surface area contributed by atoms with Crippen LogP contribution in [0.2, 0.25) is 0 Å². The van der Waals surface area contributed by atoms with Crippen LogP contribution in [0.3, 0.4) is 0 Å². The zero-order valence-corrected chi connectivity index (χ0v) is 8.33. The summed E-state index contributed by atoms with van der Waals surface area (Å²) in [4.78, 5) is 10.2. The van der Waals surface area contributed by atoms with Crippen LogP contribution in [0.5, 0.6) is 0 Å². The Hall–Kier alpha value is -1.40. The molecule has 0 amide bonds. The largest absolute Gasteiger partial charge is 0.394 e. The first-order chi connectivity index (χ1) is 7.31. The van der Waals surface area contributed by atoms with Crippen LogP contribution in [0.1, 0.15) is 0 Å². The number of ether oxygens (including phenoxy) is 1. The zero-order chi connectivity index (χ0) is 10.7. The SMILES string of the molecule is Nc1ccnc(N2CCOCC2CO)n1. The van der Waals surface area contributed by atoms with Crippen LogP contribution >= 0.6 is 0 Å². The fraction of sp³-hybridized carbons (Fsp3) is 0.556. The Morgan fingerprint density at radius 2 is 2.53 bits per heavy atom. The quantitative estimate of drug-likeness (QED) is 0.668. The molecule has 1 unspecified atom stereocenters. The van der Waals surface area contributed by atoms with Crippen molar-refractivity contribution in [1.82, 2.24) is 9.97 Å². The molecule has 0 radical (unpaired) electrons. The average Bonchev–Trinajstić information content (AvgIpc) is 2.29. The van der Waals surface area contributed by atoms with E-state index in [1.54, 1.807) is 12.3 Å². The fourth-order valence-corrected chi connectivity index (χ4v) is 1.57. The summed E-state index contributed by atoms with van der Waals surface area (Å²) in [6.07, 6.45) is 1.61. The molecule has 0 bridgehead atoms. The number of anilines is 2. The van der Waals surface area contributed by atoms with Crippen molar-refractivity contribution in [2.24, 2.45) is 0 Å². The van der Waals surface area contributed by atoms with Crippen molar-refractivity contribution in [3.63, 3.8) is 0 Å². The molecule has 1 atom stereocenters. The Labute approximate surface area is 87.7 Å². The summed E-state index contributed by atoms with van der Waals surface area (Å²) in [6.45, 7) is 1.82. The molecule has 0 aromatic carbocycles. The fourth-order valence-electron chi connectivity index (χ4n) is 1.57. The van der Waals surface area contributed by atoms with Crippen LogP contribution in [-0.4, -0.2) is 47.5 Å². The average molecular weight is 210 g/mol. The number of nitrogens with two attached hydrogens (primary N) is 1. The molecule has 0 spiro atoms. The van der Waals surface area contributed by atoms with Crippen molar-refractivity contribution in [3.05, 3.63) is 12.3 Å². The maximum Gasteiger partial charge on any atom is 0.227 e. The van der Waals surface area contributed by atoms with E-state index >= 15 is 0 Å². The molecule has 15 heavy (non-hydrogen) atoms. The highest BCUT2D eigenvalue weighted by atomic mass is 16.5. The van der Waals surface area contributed by atoms with E-state index in [-0.39, 0.29) is 12.6 Å². The van der Waals surface area contributed by atoms with Gasteiger partial charge in [0.05, 0.1) is 25.9 Å². The number of aromatic nitrogens is 2. The Morgan fingerprint density at radius 3 is 3.27 bits per heavy atom. The molecule has 0 saturated carbocycles. The molecule has 6 heteroatoms. The molecule has 1 saturated heterocycles. The lowest BCUT2D eigenvalue weighted by atomic mass is 10.2. The van der Waals surface area contributed by atoms with Crippen LogP contribution in [-0.2, 0) is 4.74 Å². The number of hydrogen-bond donors (Lipinski definition) is 2. The maximum absolute atomic E-state index is 9.18. The molecular formula is C9H14N4O2. The van der Waals surface area contributed by atoms with Crippen molar-refractivity contribution in [2.75, 3.05) is 37.0 Å².